The summed E-state index contributed by atoms with van der Waals surface area (Å²) >= 11 is 6.34. The van der Waals surface area contributed by atoms with E-state index in [-0.39, 0.29) is 11.8 Å². The number of hydrogen-bond donors (Lipinski definition) is 1. The van der Waals surface area contributed by atoms with E-state index in [4.69, 9.17) is 11.8 Å². The highest BCUT2D eigenvalue weighted by Crippen LogP contribution is 2.33. The van der Waals surface area contributed by atoms with Crippen molar-refractivity contribution in [2.75, 3.05) is 6.54 Å². The first kappa shape index (κ1) is 10.7. The smallest absolute Gasteiger partial charge is 0.228 e. The first-order valence-corrected chi connectivity index (χ1v) is 6.10. The van der Waals surface area contributed by atoms with E-state index in [0.717, 1.165) is 23.0 Å². The Bertz CT molecular complexity index is 603. The first-order chi connectivity index (χ1) is 8.20. The van der Waals surface area contributed by atoms with Crippen LogP contribution in [0.5, 0.6) is 0 Å². The molecule has 0 fully saturated rings. The van der Waals surface area contributed by atoms with Gasteiger partial charge in [0.2, 0.25) is 5.91 Å². The van der Waals surface area contributed by atoms with Crippen LogP contribution >= 0.6 is 11.8 Å². The molecule has 1 aliphatic heterocycles. The van der Waals surface area contributed by atoms with Crippen molar-refractivity contribution >= 4 is 28.6 Å². The van der Waals surface area contributed by atoms with Crippen molar-refractivity contribution in [1.82, 2.24) is 9.40 Å². The van der Waals surface area contributed by atoms with Gasteiger partial charge in [0.05, 0.1) is 17.1 Å². The lowest BCUT2D eigenvalue weighted by molar-refractivity contribution is -0.122. The summed E-state index contributed by atoms with van der Waals surface area (Å²) in [6.07, 6.45) is 0.839. The third-order valence-corrected chi connectivity index (χ3v) is 3.80. The highest BCUT2D eigenvalue weighted by atomic mass is 35.5. The molecule has 3 nitrogen and oxygen atoms in total. The van der Waals surface area contributed by atoms with E-state index in [9.17, 15) is 4.79 Å². The molecule has 0 bridgehead atoms. The van der Waals surface area contributed by atoms with E-state index >= 15 is 0 Å². The molecule has 17 heavy (non-hydrogen) atoms. The predicted octanol–water partition coefficient (Wildman–Crippen LogP) is 2.42. The maximum absolute atomic E-state index is 11.8. The van der Waals surface area contributed by atoms with Crippen molar-refractivity contribution < 1.29 is 4.79 Å². The number of amides is 1. The van der Waals surface area contributed by atoms with Gasteiger partial charge < -0.3 is 5.32 Å². The maximum atomic E-state index is 11.8. The van der Waals surface area contributed by atoms with E-state index in [1.54, 1.807) is 4.09 Å². The zero-order chi connectivity index (χ0) is 12.0. The Labute approximate surface area is 104 Å². The zero-order valence-electron chi connectivity index (χ0n) is 9.53. The molecule has 3 rings (SSSR count). The average molecular weight is 249 g/mol. The second-order valence-corrected chi connectivity index (χ2v) is 4.76. The number of nitrogens with one attached hydrogen (secondary N) is 1. The second-order valence-electron chi connectivity index (χ2n) is 4.42. The third-order valence-electron chi connectivity index (χ3n) is 3.44. The molecule has 1 unspecified atom stereocenters. The van der Waals surface area contributed by atoms with Crippen LogP contribution < -0.4 is 5.32 Å². The largest absolute Gasteiger partial charge is 0.355 e. The number of aromatic nitrogens is 1. The summed E-state index contributed by atoms with van der Waals surface area (Å²) in [6, 6.07) is 8.02. The fraction of sp³-hybridized carbons (Fsp3) is 0.308. The molecule has 1 aliphatic rings. The monoisotopic (exact) mass is 248 g/mol. The summed E-state index contributed by atoms with van der Waals surface area (Å²) in [5.74, 6) is -0.147. The molecule has 1 aromatic carbocycles. The molecule has 0 saturated carbocycles. The Balaban J connectivity index is 2.35. The molecule has 88 valence electrons. The van der Waals surface area contributed by atoms with Crippen LogP contribution in [0.25, 0.3) is 10.9 Å². The molecule has 1 aromatic heterocycles. The normalized spacial score (nSPS) is 19.9. The molecule has 0 radical (unpaired) electrons. The molecule has 1 N–H and O–H groups in total. The van der Waals surface area contributed by atoms with E-state index < -0.39 is 0 Å². The molecule has 2 heterocycles. The lowest BCUT2D eigenvalue weighted by Crippen LogP contribution is -2.27. The van der Waals surface area contributed by atoms with Crippen LogP contribution in [0.15, 0.2) is 24.3 Å². The quantitative estimate of drug-likeness (QED) is 0.763. The van der Waals surface area contributed by atoms with Gasteiger partial charge in [0.1, 0.15) is 0 Å². The van der Waals surface area contributed by atoms with Gasteiger partial charge in [0.15, 0.2) is 0 Å². The number of fused-ring (bicyclic) bond motifs is 3. The molecule has 1 atom stereocenters. The minimum absolute atomic E-state index is 0.0495. The summed E-state index contributed by atoms with van der Waals surface area (Å²) in [7, 11) is 0. The summed E-state index contributed by atoms with van der Waals surface area (Å²) in [6.45, 7) is 2.58. The van der Waals surface area contributed by atoms with E-state index in [2.05, 4.69) is 11.4 Å². The predicted molar refractivity (Wildman–Crippen MR) is 68.3 cm³/mol. The van der Waals surface area contributed by atoms with E-state index in [1.807, 2.05) is 25.1 Å². The number of para-hydroxylation sites is 1. The number of hydrogen-bond acceptors (Lipinski definition) is 1. The fourth-order valence-corrected chi connectivity index (χ4v) is 2.96. The van der Waals surface area contributed by atoms with Crippen molar-refractivity contribution in [3.63, 3.8) is 0 Å². The number of benzene rings is 1. The van der Waals surface area contributed by atoms with Gasteiger partial charge in [0.25, 0.3) is 0 Å². The Morgan fingerprint density at radius 2 is 2.18 bits per heavy atom. The van der Waals surface area contributed by atoms with Crippen LogP contribution in [0.2, 0.25) is 0 Å². The molecule has 0 saturated heterocycles. The average Bonchev–Trinajstić information content (AvgIpc) is 2.53. The third kappa shape index (κ3) is 1.46. The molecule has 4 heteroatoms. The number of carbonyl (C=O) groups excluding carboxylic acids is 1. The van der Waals surface area contributed by atoms with Crippen molar-refractivity contribution in [3.8, 4) is 0 Å². The van der Waals surface area contributed by atoms with E-state index in [1.165, 1.54) is 5.56 Å². The number of carbonyl (C=O) groups is 1. The van der Waals surface area contributed by atoms with Gasteiger partial charge >= 0.3 is 0 Å². The van der Waals surface area contributed by atoms with Crippen molar-refractivity contribution in [3.05, 3.63) is 35.5 Å². The van der Waals surface area contributed by atoms with Gasteiger partial charge in [-0.1, -0.05) is 18.2 Å². The minimum Gasteiger partial charge on any atom is -0.355 e. The highest BCUT2D eigenvalue weighted by molar-refractivity contribution is 6.20. The Morgan fingerprint density at radius 1 is 1.41 bits per heavy atom. The standard InChI is InChI=1S/C13H13ClN2O/c1-8-12-10(6-7-15-13(8)17)9-4-2-3-5-11(9)16(12)14/h2-5,8H,6-7H2,1H3,(H,15,17). The topological polar surface area (TPSA) is 34.0 Å². The highest BCUT2D eigenvalue weighted by Gasteiger charge is 2.27. The second kappa shape index (κ2) is 3.77. The number of rotatable bonds is 0. The fourth-order valence-electron chi connectivity index (χ4n) is 2.57. The van der Waals surface area contributed by atoms with Gasteiger partial charge in [-0.3, -0.25) is 8.88 Å². The van der Waals surface area contributed by atoms with Gasteiger partial charge in [-0.05, 0) is 25.0 Å². The van der Waals surface area contributed by atoms with Crippen molar-refractivity contribution in [2.24, 2.45) is 0 Å². The summed E-state index contributed by atoms with van der Waals surface area (Å²) < 4.78 is 1.64. The molecular formula is C13H13ClN2O. The van der Waals surface area contributed by atoms with Crippen LogP contribution in [0.1, 0.15) is 24.1 Å². The first-order valence-electron chi connectivity index (χ1n) is 5.76. The number of halogens is 1. The molecule has 2 aromatic rings. The maximum Gasteiger partial charge on any atom is 0.228 e. The van der Waals surface area contributed by atoms with Crippen LogP contribution in [-0.4, -0.2) is 16.5 Å². The molecule has 0 spiro atoms. The van der Waals surface area contributed by atoms with Gasteiger partial charge in [-0.2, -0.15) is 0 Å². The lowest BCUT2D eigenvalue weighted by atomic mass is 10.0. The van der Waals surface area contributed by atoms with E-state index in [0.29, 0.717) is 6.54 Å². The van der Waals surface area contributed by atoms with Crippen LogP contribution in [-0.2, 0) is 11.2 Å². The minimum atomic E-state index is -0.197. The molecular weight excluding hydrogens is 236 g/mol. The van der Waals surface area contributed by atoms with Crippen molar-refractivity contribution in [2.45, 2.75) is 19.3 Å². The van der Waals surface area contributed by atoms with Gasteiger partial charge in [0, 0.05) is 23.7 Å². The Hall–Kier alpha value is -1.48. The number of nitrogens with zero attached hydrogens (tertiary/aromatic N) is 1. The van der Waals surface area contributed by atoms with Gasteiger partial charge in [-0.25, -0.2) is 0 Å². The Kier molecular flexibility index (Phi) is 2.37. The van der Waals surface area contributed by atoms with Crippen LogP contribution in [0.3, 0.4) is 0 Å². The zero-order valence-corrected chi connectivity index (χ0v) is 10.3. The molecule has 0 aliphatic carbocycles. The van der Waals surface area contributed by atoms with Crippen LogP contribution in [0.4, 0.5) is 0 Å². The summed E-state index contributed by atoms with van der Waals surface area (Å²) in [5.41, 5.74) is 3.12. The van der Waals surface area contributed by atoms with Gasteiger partial charge in [-0.15, -0.1) is 0 Å². The molecule has 1 amide bonds. The van der Waals surface area contributed by atoms with Crippen LogP contribution in [0, 0.1) is 0 Å². The summed E-state index contributed by atoms with van der Waals surface area (Å²) in [5, 5.41) is 4.06. The van der Waals surface area contributed by atoms with Crippen molar-refractivity contribution in [1.29, 1.82) is 0 Å². The SMILES string of the molecule is CC1C(=O)NCCc2c1n(Cl)c1ccccc21. The Morgan fingerprint density at radius 3 is 3.00 bits per heavy atom. The summed E-state index contributed by atoms with van der Waals surface area (Å²) in [4.78, 5) is 11.8. The lowest BCUT2D eigenvalue weighted by Gasteiger charge is -2.09.